The highest BCUT2D eigenvalue weighted by Gasteiger charge is 2.44. The number of hydrazine groups is 1. The lowest BCUT2D eigenvalue weighted by Crippen LogP contribution is -2.54. The van der Waals surface area contributed by atoms with Gasteiger partial charge in [0.15, 0.2) is 5.17 Å². The third kappa shape index (κ3) is 3.84. The van der Waals surface area contributed by atoms with E-state index in [1.54, 1.807) is 0 Å². The Morgan fingerprint density at radius 3 is 2.89 bits per heavy atom. The first-order valence-electron chi connectivity index (χ1n) is 9.88. The highest BCUT2D eigenvalue weighted by molar-refractivity contribution is 8.14. The van der Waals surface area contributed by atoms with Gasteiger partial charge in [-0.1, -0.05) is 48.5 Å². The van der Waals surface area contributed by atoms with Gasteiger partial charge in [0.1, 0.15) is 6.17 Å². The van der Waals surface area contributed by atoms with Crippen molar-refractivity contribution in [3.63, 3.8) is 0 Å². The second-order valence-corrected chi connectivity index (χ2v) is 8.58. The first-order chi connectivity index (χ1) is 13.5. The van der Waals surface area contributed by atoms with Crippen LogP contribution in [0.25, 0.3) is 0 Å². The van der Waals surface area contributed by atoms with Crippen LogP contribution in [-0.4, -0.2) is 45.0 Å². The first-order valence-corrected chi connectivity index (χ1v) is 10.9. The zero-order valence-corrected chi connectivity index (χ0v) is 17.4. The zero-order chi connectivity index (χ0) is 19.7. The number of amidine groups is 1. The third-order valence-corrected chi connectivity index (χ3v) is 6.50. The Bertz CT molecular complexity index is 779. The number of amides is 1. The molecule has 1 fully saturated rings. The fraction of sp³-hybridized carbons (Fsp3) is 0.500. The van der Waals surface area contributed by atoms with Gasteiger partial charge < -0.3 is 15.2 Å². The van der Waals surface area contributed by atoms with Crippen LogP contribution in [0.3, 0.4) is 0 Å². The van der Waals surface area contributed by atoms with Crippen LogP contribution in [0.5, 0.6) is 0 Å². The highest BCUT2D eigenvalue weighted by atomic mass is 32.2. The smallest absolute Gasteiger partial charge is 0.230 e. The maximum absolute atomic E-state index is 12.1. The van der Waals surface area contributed by atoms with Crippen molar-refractivity contribution >= 4 is 22.8 Å². The van der Waals surface area contributed by atoms with Crippen molar-refractivity contribution in [2.45, 2.75) is 57.9 Å². The van der Waals surface area contributed by atoms with Gasteiger partial charge in [-0.05, 0) is 32.3 Å². The summed E-state index contributed by atoms with van der Waals surface area (Å²) in [7, 11) is 0. The predicted molar refractivity (Wildman–Crippen MR) is 113 cm³/mol. The van der Waals surface area contributed by atoms with Gasteiger partial charge >= 0.3 is 0 Å². The molecule has 7 nitrogen and oxygen atoms in total. The van der Waals surface area contributed by atoms with E-state index < -0.39 is 0 Å². The highest BCUT2D eigenvalue weighted by Crippen LogP contribution is 2.35. The summed E-state index contributed by atoms with van der Waals surface area (Å²) < 4.78 is 0. The predicted octanol–water partition coefficient (Wildman–Crippen LogP) is 2.25. The molecule has 3 aliphatic rings. The fourth-order valence-electron chi connectivity index (χ4n) is 3.71. The summed E-state index contributed by atoms with van der Waals surface area (Å²) in [6, 6.07) is 9.48. The number of hydrazone groups is 1. The molecule has 28 heavy (non-hydrogen) atoms. The van der Waals surface area contributed by atoms with Crippen molar-refractivity contribution in [2.75, 3.05) is 5.75 Å². The number of aryl methyl sites for hydroxylation is 1. The molecule has 4 rings (SSSR count). The minimum absolute atomic E-state index is 0.0510. The molecule has 0 saturated carbocycles. The molecule has 3 heterocycles. The molecule has 1 saturated heterocycles. The summed E-state index contributed by atoms with van der Waals surface area (Å²) >= 11 is 1.47. The standard InChI is InChI=1S/C20H28N6OS/c1-4-14(3)21-18(27)12-28-20-23-22-19-17-11-16(15-7-5-13(2)6-8-15)24-26(17)10-9-25(19)20/h5-10,14,16-17,19,22,24H,4,11-12H2,1-3H3,(H,21,27)/t14-,16?,17?,19?/m1/s1. The molecule has 3 unspecified atom stereocenters. The molecule has 3 N–H and O–H groups in total. The van der Waals surface area contributed by atoms with Gasteiger partial charge in [-0.25, -0.2) is 5.43 Å². The summed E-state index contributed by atoms with van der Waals surface area (Å²) in [5.74, 6) is 0.427. The largest absolute Gasteiger partial charge is 0.353 e. The number of hydrogen-bond acceptors (Lipinski definition) is 7. The van der Waals surface area contributed by atoms with Crippen molar-refractivity contribution in [1.29, 1.82) is 0 Å². The van der Waals surface area contributed by atoms with Gasteiger partial charge in [-0.3, -0.25) is 10.2 Å². The molecule has 0 aromatic heterocycles. The number of carbonyl (C=O) groups is 1. The van der Waals surface area contributed by atoms with Crippen molar-refractivity contribution in [1.82, 2.24) is 26.1 Å². The van der Waals surface area contributed by atoms with E-state index in [0.717, 1.165) is 18.0 Å². The topological polar surface area (TPSA) is 72.0 Å². The van der Waals surface area contributed by atoms with E-state index in [1.807, 2.05) is 13.1 Å². The maximum Gasteiger partial charge on any atom is 0.230 e. The van der Waals surface area contributed by atoms with E-state index in [9.17, 15) is 4.79 Å². The van der Waals surface area contributed by atoms with Crippen molar-refractivity contribution in [3.05, 3.63) is 47.8 Å². The van der Waals surface area contributed by atoms with Crippen LogP contribution in [0.2, 0.25) is 0 Å². The van der Waals surface area contributed by atoms with Crippen LogP contribution >= 0.6 is 11.8 Å². The number of nitrogens with zero attached hydrogens (tertiary/aromatic N) is 3. The van der Waals surface area contributed by atoms with Gasteiger partial charge in [0.2, 0.25) is 5.91 Å². The molecule has 0 radical (unpaired) electrons. The molecule has 4 atom stereocenters. The number of thioether (sulfide) groups is 1. The Kier molecular flexibility index (Phi) is 5.50. The van der Waals surface area contributed by atoms with E-state index in [-0.39, 0.29) is 30.2 Å². The Morgan fingerprint density at radius 1 is 1.36 bits per heavy atom. The molecule has 1 amide bonds. The quantitative estimate of drug-likeness (QED) is 0.704. The Hall–Kier alpha value is -2.19. The molecule has 150 valence electrons. The maximum atomic E-state index is 12.1. The first kappa shape index (κ1) is 19.1. The van der Waals surface area contributed by atoms with Gasteiger partial charge in [0, 0.05) is 18.4 Å². The lowest BCUT2D eigenvalue weighted by atomic mass is 9.99. The Labute approximate surface area is 170 Å². The van der Waals surface area contributed by atoms with E-state index in [1.165, 1.54) is 22.9 Å². The molecule has 1 aromatic rings. The van der Waals surface area contributed by atoms with Crippen molar-refractivity contribution in [3.8, 4) is 0 Å². The van der Waals surface area contributed by atoms with E-state index >= 15 is 0 Å². The summed E-state index contributed by atoms with van der Waals surface area (Å²) in [4.78, 5) is 14.2. The fourth-order valence-corrected chi connectivity index (χ4v) is 4.50. The lowest BCUT2D eigenvalue weighted by Gasteiger charge is -2.36. The van der Waals surface area contributed by atoms with Crippen LogP contribution in [-0.2, 0) is 4.79 Å². The van der Waals surface area contributed by atoms with Crippen molar-refractivity contribution < 1.29 is 4.79 Å². The number of rotatable bonds is 5. The average molecular weight is 401 g/mol. The van der Waals surface area contributed by atoms with Crippen LogP contribution in [0, 0.1) is 6.92 Å². The minimum atomic E-state index is 0.0510. The summed E-state index contributed by atoms with van der Waals surface area (Å²) in [6.07, 6.45) is 6.10. The summed E-state index contributed by atoms with van der Waals surface area (Å²) in [5.41, 5.74) is 9.43. The van der Waals surface area contributed by atoms with Gasteiger partial charge in [-0.2, -0.15) is 5.10 Å². The number of hydrogen-bond donors (Lipinski definition) is 3. The van der Waals surface area contributed by atoms with Gasteiger partial charge in [0.05, 0.1) is 17.8 Å². The van der Waals surface area contributed by atoms with E-state index in [4.69, 9.17) is 0 Å². The molecule has 0 aliphatic carbocycles. The SMILES string of the molecule is CC[C@@H](C)NC(=O)CSC1=NNC2C3CC(c4ccc(C)cc4)NN3C=CN12. The minimum Gasteiger partial charge on any atom is -0.353 e. The van der Waals surface area contributed by atoms with E-state index in [2.05, 4.69) is 75.5 Å². The molecular formula is C20H28N6OS. The van der Waals surface area contributed by atoms with Gasteiger partial charge in [0.25, 0.3) is 0 Å². The van der Waals surface area contributed by atoms with Crippen LogP contribution < -0.4 is 16.2 Å². The van der Waals surface area contributed by atoms with Crippen LogP contribution in [0.1, 0.15) is 43.9 Å². The second kappa shape index (κ2) is 8.05. The number of carbonyl (C=O) groups excluding carboxylic acids is 1. The molecule has 0 bridgehead atoms. The molecule has 0 spiro atoms. The molecule has 1 aromatic carbocycles. The number of benzene rings is 1. The lowest BCUT2D eigenvalue weighted by molar-refractivity contribution is -0.119. The van der Waals surface area contributed by atoms with Crippen LogP contribution in [0.15, 0.2) is 41.8 Å². The Morgan fingerprint density at radius 2 is 2.14 bits per heavy atom. The average Bonchev–Trinajstić information content (AvgIpc) is 3.30. The molecular weight excluding hydrogens is 372 g/mol. The number of fused-ring (bicyclic) bond motifs is 3. The Balaban J connectivity index is 1.36. The van der Waals surface area contributed by atoms with Gasteiger partial charge in [-0.15, -0.1) is 0 Å². The second-order valence-electron chi connectivity index (χ2n) is 7.64. The monoisotopic (exact) mass is 400 g/mol. The normalized spacial score (nSPS) is 26.4. The van der Waals surface area contributed by atoms with Crippen molar-refractivity contribution in [2.24, 2.45) is 5.10 Å². The molecule has 8 heteroatoms. The summed E-state index contributed by atoms with van der Waals surface area (Å²) in [5, 5.41) is 10.5. The molecule has 3 aliphatic heterocycles. The number of nitrogens with one attached hydrogen (secondary N) is 3. The zero-order valence-electron chi connectivity index (χ0n) is 16.6. The van der Waals surface area contributed by atoms with E-state index in [0.29, 0.717) is 5.75 Å². The summed E-state index contributed by atoms with van der Waals surface area (Å²) in [6.45, 7) is 6.20. The third-order valence-electron chi connectivity index (χ3n) is 5.54. The van der Waals surface area contributed by atoms with Crippen LogP contribution in [0.4, 0.5) is 0 Å².